The quantitative estimate of drug-likeness (QED) is 0.880. The molecule has 2 aromatic rings. The molecule has 104 valence electrons. The van der Waals surface area contributed by atoms with Crippen molar-refractivity contribution in [2.24, 2.45) is 5.73 Å². The third-order valence-electron chi connectivity index (χ3n) is 2.72. The van der Waals surface area contributed by atoms with E-state index in [9.17, 15) is 8.42 Å². The summed E-state index contributed by atoms with van der Waals surface area (Å²) in [6, 6.07) is 1.66. The minimum absolute atomic E-state index is 0.272. The van der Waals surface area contributed by atoms with Crippen molar-refractivity contribution in [3.05, 3.63) is 32.6 Å². The fourth-order valence-electron chi connectivity index (χ4n) is 1.55. The fraction of sp³-hybridized carbons (Fsp3) is 0.364. The van der Waals surface area contributed by atoms with E-state index in [1.54, 1.807) is 11.6 Å². The van der Waals surface area contributed by atoms with E-state index in [4.69, 9.17) is 5.73 Å². The fourth-order valence-corrected chi connectivity index (χ4v) is 4.87. The monoisotopic (exact) mass is 317 g/mol. The van der Waals surface area contributed by atoms with Gasteiger partial charge in [0, 0.05) is 22.8 Å². The summed E-state index contributed by atoms with van der Waals surface area (Å²) in [7, 11) is -3.47. The van der Waals surface area contributed by atoms with Crippen molar-refractivity contribution >= 4 is 32.7 Å². The van der Waals surface area contributed by atoms with Gasteiger partial charge in [-0.3, -0.25) is 0 Å². The molecule has 0 fully saturated rings. The zero-order valence-corrected chi connectivity index (χ0v) is 13.1. The molecule has 0 atom stereocenters. The number of nitrogens with two attached hydrogens (primary N) is 1. The third kappa shape index (κ3) is 3.21. The lowest BCUT2D eigenvalue weighted by atomic mass is 10.3. The molecule has 0 aliphatic heterocycles. The first-order valence-electron chi connectivity index (χ1n) is 5.62. The van der Waals surface area contributed by atoms with Gasteiger partial charge in [0.2, 0.25) is 10.0 Å². The van der Waals surface area contributed by atoms with E-state index in [2.05, 4.69) is 9.71 Å². The summed E-state index contributed by atoms with van der Waals surface area (Å²) in [5.41, 5.74) is 9.05. The Hall–Kier alpha value is -0.800. The number of hydrogen-bond donors (Lipinski definition) is 2. The highest BCUT2D eigenvalue weighted by Crippen LogP contribution is 2.25. The molecule has 19 heavy (non-hydrogen) atoms. The molecule has 0 bridgehead atoms. The van der Waals surface area contributed by atoms with E-state index in [1.807, 2.05) is 13.8 Å². The van der Waals surface area contributed by atoms with Crippen LogP contribution in [0.5, 0.6) is 0 Å². The van der Waals surface area contributed by atoms with E-state index < -0.39 is 10.0 Å². The standard InChI is InChI=1S/C11H15N3O2S3/c1-7-3-11(18-9(7)4-12)19(15,16)14-5-10-8(2)13-6-17-10/h3,6,14H,4-5,12H2,1-2H3. The highest BCUT2D eigenvalue weighted by molar-refractivity contribution is 7.91. The van der Waals surface area contributed by atoms with Gasteiger partial charge in [0.1, 0.15) is 4.21 Å². The molecule has 0 spiro atoms. The normalized spacial score (nSPS) is 11.9. The minimum atomic E-state index is -3.47. The Morgan fingerprint density at radius 1 is 1.37 bits per heavy atom. The summed E-state index contributed by atoms with van der Waals surface area (Å²) in [6.45, 7) is 4.36. The number of nitrogens with zero attached hydrogens (tertiary/aromatic N) is 1. The van der Waals surface area contributed by atoms with E-state index in [-0.39, 0.29) is 6.54 Å². The number of sulfonamides is 1. The molecule has 0 aliphatic rings. The highest BCUT2D eigenvalue weighted by atomic mass is 32.2. The molecule has 0 amide bonds. The molecule has 3 N–H and O–H groups in total. The summed E-state index contributed by atoms with van der Waals surface area (Å²) in [4.78, 5) is 5.92. The van der Waals surface area contributed by atoms with Crippen LogP contribution in [0.4, 0.5) is 0 Å². The molecule has 0 saturated heterocycles. The van der Waals surface area contributed by atoms with Gasteiger partial charge >= 0.3 is 0 Å². The van der Waals surface area contributed by atoms with Crippen LogP contribution in [0.15, 0.2) is 15.8 Å². The summed E-state index contributed by atoms with van der Waals surface area (Å²) >= 11 is 2.66. The third-order valence-corrected chi connectivity index (χ3v) is 6.79. The Bertz CT molecular complexity index is 673. The Kier molecular flexibility index (Phi) is 4.36. The zero-order chi connectivity index (χ0) is 14.0. The Balaban J connectivity index is 2.16. The zero-order valence-electron chi connectivity index (χ0n) is 10.6. The summed E-state index contributed by atoms with van der Waals surface area (Å²) in [5, 5.41) is 0. The molecule has 2 rings (SSSR count). The van der Waals surface area contributed by atoms with Crippen molar-refractivity contribution in [1.29, 1.82) is 0 Å². The molecule has 8 heteroatoms. The van der Waals surface area contributed by atoms with Crippen LogP contribution in [-0.2, 0) is 23.1 Å². The average Bonchev–Trinajstić information content (AvgIpc) is 2.93. The number of thiazole rings is 1. The van der Waals surface area contributed by atoms with E-state index >= 15 is 0 Å². The van der Waals surface area contributed by atoms with Gasteiger partial charge in [0.25, 0.3) is 0 Å². The molecule has 0 saturated carbocycles. The van der Waals surface area contributed by atoms with Crippen LogP contribution in [0, 0.1) is 13.8 Å². The van der Waals surface area contributed by atoms with Crippen LogP contribution < -0.4 is 10.5 Å². The Morgan fingerprint density at radius 2 is 2.11 bits per heavy atom. The summed E-state index contributed by atoms with van der Waals surface area (Å²) < 4.78 is 27.2. The maximum atomic E-state index is 12.2. The number of aryl methyl sites for hydroxylation is 2. The van der Waals surface area contributed by atoms with Gasteiger partial charge in [-0.2, -0.15) is 0 Å². The topological polar surface area (TPSA) is 85.1 Å². The largest absolute Gasteiger partial charge is 0.326 e. The van der Waals surface area contributed by atoms with Crippen molar-refractivity contribution in [3.8, 4) is 0 Å². The summed E-state index contributed by atoms with van der Waals surface area (Å²) in [5.74, 6) is 0. The smallest absolute Gasteiger partial charge is 0.250 e. The lowest BCUT2D eigenvalue weighted by molar-refractivity contribution is 0.583. The maximum Gasteiger partial charge on any atom is 0.250 e. The van der Waals surface area contributed by atoms with Gasteiger partial charge in [-0.1, -0.05) is 0 Å². The lowest BCUT2D eigenvalue weighted by Crippen LogP contribution is -2.22. The van der Waals surface area contributed by atoms with Crippen LogP contribution in [0.3, 0.4) is 0 Å². The molecular weight excluding hydrogens is 302 g/mol. The van der Waals surface area contributed by atoms with E-state index in [0.717, 1.165) is 21.0 Å². The molecule has 0 radical (unpaired) electrons. The SMILES string of the molecule is Cc1cc(S(=O)(=O)NCc2scnc2C)sc1CN. The van der Waals surface area contributed by atoms with Gasteiger partial charge < -0.3 is 5.73 Å². The maximum absolute atomic E-state index is 12.2. The van der Waals surface area contributed by atoms with Crippen LogP contribution in [0.25, 0.3) is 0 Å². The minimum Gasteiger partial charge on any atom is -0.326 e. The molecular formula is C11H15N3O2S3. The Labute approximate surface area is 120 Å². The van der Waals surface area contributed by atoms with E-state index in [1.165, 1.54) is 22.7 Å². The van der Waals surface area contributed by atoms with Crippen LogP contribution in [0.2, 0.25) is 0 Å². The van der Waals surface area contributed by atoms with Crippen LogP contribution >= 0.6 is 22.7 Å². The second kappa shape index (κ2) is 5.68. The Morgan fingerprint density at radius 3 is 2.63 bits per heavy atom. The highest BCUT2D eigenvalue weighted by Gasteiger charge is 2.18. The number of nitrogens with one attached hydrogen (secondary N) is 1. The number of thiophene rings is 1. The summed E-state index contributed by atoms with van der Waals surface area (Å²) in [6.07, 6.45) is 0. The van der Waals surface area contributed by atoms with Gasteiger partial charge in [0.15, 0.2) is 0 Å². The molecule has 0 aromatic carbocycles. The predicted octanol–water partition coefficient (Wildman–Crippen LogP) is 1.76. The predicted molar refractivity (Wildman–Crippen MR) is 77.8 cm³/mol. The van der Waals surface area contributed by atoms with Gasteiger partial charge in [-0.05, 0) is 25.5 Å². The first-order valence-corrected chi connectivity index (χ1v) is 8.80. The van der Waals surface area contributed by atoms with Gasteiger partial charge in [0.05, 0.1) is 11.2 Å². The number of hydrogen-bond acceptors (Lipinski definition) is 6. The molecule has 2 heterocycles. The number of aromatic nitrogens is 1. The van der Waals surface area contributed by atoms with Crippen molar-refractivity contribution < 1.29 is 8.42 Å². The molecule has 2 aromatic heterocycles. The first kappa shape index (κ1) is 14.6. The van der Waals surface area contributed by atoms with Crippen LogP contribution in [-0.4, -0.2) is 13.4 Å². The average molecular weight is 317 g/mol. The van der Waals surface area contributed by atoms with Crippen LogP contribution in [0.1, 0.15) is 21.0 Å². The van der Waals surface area contributed by atoms with Crippen molar-refractivity contribution in [2.45, 2.75) is 31.1 Å². The van der Waals surface area contributed by atoms with Gasteiger partial charge in [-0.15, -0.1) is 22.7 Å². The number of rotatable bonds is 5. The molecule has 0 aliphatic carbocycles. The lowest BCUT2D eigenvalue weighted by Gasteiger charge is -2.03. The second-order valence-corrected chi connectivity index (χ2v) is 8.13. The van der Waals surface area contributed by atoms with E-state index in [0.29, 0.717) is 10.8 Å². The van der Waals surface area contributed by atoms with Gasteiger partial charge in [-0.25, -0.2) is 18.1 Å². The first-order chi connectivity index (χ1) is 8.94. The van der Waals surface area contributed by atoms with Crippen molar-refractivity contribution in [2.75, 3.05) is 0 Å². The molecule has 5 nitrogen and oxygen atoms in total. The molecule has 0 unspecified atom stereocenters. The second-order valence-electron chi connectivity index (χ2n) is 4.06. The van der Waals surface area contributed by atoms with Crippen molar-refractivity contribution in [3.63, 3.8) is 0 Å². The van der Waals surface area contributed by atoms with Crippen molar-refractivity contribution in [1.82, 2.24) is 9.71 Å².